The number of rotatable bonds is 4. The summed E-state index contributed by atoms with van der Waals surface area (Å²) >= 11 is 0. The van der Waals surface area contributed by atoms with Gasteiger partial charge in [0.05, 0.1) is 20.4 Å². The lowest BCUT2D eigenvalue weighted by atomic mass is 10.0. The Kier molecular flexibility index (Phi) is 3.00. The highest BCUT2D eigenvalue weighted by Gasteiger charge is 2.58. The zero-order valence-electron chi connectivity index (χ0n) is 10.9. The normalized spacial score (nSPS) is 25.5. The zero-order chi connectivity index (χ0) is 12.6. The van der Waals surface area contributed by atoms with E-state index in [0.717, 1.165) is 11.3 Å². The summed E-state index contributed by atoms with van der Waals surface area (Å²) in [4.78, 5) is 4.16. The molecule has 4 nitrogen and oxygen atoms in total. The number of methoxy groups -OCH3 is 2. The molecule has 0 spiro atoms. The monoisotopic (exact) mass is 236 g/mol. The number of hydrogen-bond donors (Lipinski definition) is 1. The van der Waals surface area contributed by atoms with Crippen molar-refractivity contribution >= 4 is 0 Å². The fraction of sp³-hybridized carbons (Fsp3) is 0.615. The smallest absolute Gasteiger partial charge is 0.213 e. The molecule has 4 heteroatoms. The molecule has 0 radical (unpaired) electrons. The molecule has 2 rings (SSSR count). The summed E-state index contributed by atoms with van der Waals surface area (Å²) in [6.45, 7) is 5.18. The van der Waals surface area contributed by atoms with Crippen LogP contribution in [-0.4, -0.2) is 25.7 Å². The predicted molar refractivity (Wildman–Crippen MR) is 66.4 cm³/mol. The first-order valence-corrected chi connectivity index (χ1v) is 5.84. The topological polar surface area (TPSA) is 57.4 Å². The Morgan fingerprint density at radius 1 is 1.35 bits per heavy atom. The molecule has 1 heterocycles. The average Bonchev–Trinajstić information content (AvgIpc) is 2.89. The van der Waals surface area contributed by atoms with Gasteiger partial charge in [-0.05, 0) is 23.8 Å². The highest BCUT2D eigenvalue weighted by atomic mass is 16.5. The zero-order valence-corrected chi connectivity index (χ0v) is 10.9. The third-order valence-electron chi connectivity index (χ3n) is 3.94. The maximum atomic E-state index is 5.81. The van der Waals surface area contributed by atoms with Crippen molar-refractivity contribution in [3.63, 3.8) is 0 Å². The van der Waals surface area contributed by atoms with E-state index in [1.54, 1.807) is 20.4 Å². The molecule has 1 aromatic rings. The van der Waals surface area contributed by atoms with Crippen molar-refractivity contribution in [3.8, 4) is 11.6 Å². The highest BCUT2D eigenvalue weighted by Crippen LogP contribution is 2.65. The van der Waals surface area contributed by atoms with Crippen molar-refractivity contribution in [1.82, 2.24) is 4.98 Å². The molecule has 1 fully saturated rings. The minimum atomic E-state index is 0.231. The van der Waals surface area contributed by atoms with E-state index in [2.05, 4.69) is 18.8 Å². The van der Waals surface area contributed by atoms with Crippen LogP contribution in [-0.2, 0) is 0 Å². The van der Waals surface area contributed by atoms with Gasteiger partial charge in [-0.25, -0.2) is 4.98 Å². The van der Waals surface area contributed by atoms with Gasteiger partial charge >= 0.3 is 0 Å². The van der Waals surface area contributed by atoms with Gasteiger partial charge in [0.2, 0.25) is 5.88 Å². The van der Waals surface area contributed by atoms with E-state index in [4.69, 9.17) is 15.2 Å². The lowest BCUT2D eigenvalue weighted by Crippen LogP contribution is -2.05. The summed E-state index contributed by atoms with van der Waals surface area (Å²) in [7, 11) is 3.29. The van der Waals surface area contributed by atoms with E-state index in [9.17, 15) is 0 Å². The van der Waals surface area contributed by atoms with Gasteiger partial charge in [0.25, 0.3) is 0 Å². The molecule has 1 aliphatic carbocycles. The minimum absolute atomic E-state index is 0.231. The SMILES string of the molecule is COc1cc(C2C(CN)C2(C)C)c(OC)cn1. The van der Waals surface area contributed by atoms with E-state index in [0.29, 0.717) is 24.3 Å². The molecule has 2 atom stereocenters. The Hall–Kier alpha value is -1.29. The van der Waals surface area contributed by atoms with Crippen molar-refractivity contribution in [2.75, 3.05) is 20.8 Å². The quantitative estimate of drug-likeness (QED) is 0.866. The van der Waals surface area contributed by atoms with Gasteiger partial charge in [-0.15, -0.1) is 0 Å². The van der Waals surface area contributed by atoms with E-state index in [1.807, 2.05) is 6.07 Å². The third-order valence-corrected chi connectivity index (χ3v) is 3.94. The molecule has 0 amide bonds. The molecule has 1 aromatic heterocycles. The van der Waals surface area contributed by atoms with Crippen LogP contribution in [0.25, 0.3) is 0 Å². The molecule has 17 heavy (non-hydrogen) atoms. The number of ether oxygens (including phenoxy) is 2. The van der Waals surface area contributed by atoms with Crippen LogP contribution in [0, 0.1) is 11.3 Å². The number of nitrogens with two attached hydrogens (primary N) is 1. The molecule has 0 saturated heterocycles. The second-order valence-electron chi connectivity index (χ2n) is 5.11. The lowest BCUT2D eigenvalue weighted by Gasteiger charge is -2.10. The maximum Gasteiger partial charge on any atom is 0.213 e. The van der Waals surface area contributed by atoms with Crippen LogP contribution in [0.4, 0.5) is 0 Å². The van der Waals surface area contributed by atoms with E-state index < -0.39 is 0 Å². The van der Waals surface area contributed by atoms with Crippen LogP contribution >= 0.6 is 0 Å². The third kappa shape index (κ3) is 1.86. The van der Waals surface area contributed by atoms with Crippen molar-refractivity contribution in [2.45, 2.75) is 19.8 Å². The second kappa shape index (κ2) is 4.18. The van der Waals surface area contributed by atoms with Crippen LogP contribution in [0.15, 0.2) is 12.3 Å². The Morgan fingerprint density at radius 3 is 2.53 bits per heavy atom. The van der Waals surface area contributed by atoms with E-state index in [1.165, 1.54) is 0 Å². The van der Waals surface area contributed by atoms with E-state index in [-0.39, 0.29) is 5.41 Å². The molecule has 1 saturated carbocycles. The Bertz CT molecular complexity index is 418. The van der Waals surface area contributed by atoms with Gasteiger partial charge in [0, 0.05) is 11.6 Å². The fourth-order valence-electron chi connectivity index (χ4n) is 2.76. The summed E-state index contributed by atoms with van der Waals surface area (Å²) in [5, 5.41) is 0. The molecular formula is C13H20N2O2. The number of aromatic nitrogens is 1. The Morgan fingerprint density at radius 2 is 2.06 bits per heavy atom. The van der Waals surface area contributed by atoms with Crippen LogP contribution in [0.5, 0.6) is 11.6 Å². The molecule has 0 bridgehead atoms. The van der Waals surface area contributed by atoms with Crippen LogP contribution < -0.4 is 15.2 Å². The molecule has 1 aliphatic rings. The Labute approximate surface area is 102 Å². The molecule has 0 aromatic carbocycles. The summed E-state index contributed by atoms with van der Waals surface area (Å²) in [5.74, 6) is 2.38. The Balaban J connectivity index is 2.38. The highest BCUT2D eigenvalue weighted by molar-refractivity contribution is 5.43. The second-order valence-corrected chi connectivity index (χ2v) is 5.11. The molecule has 2 N–H and O–H groups in total. The van der Waals surface area contributed by atoms with Crippen molar-refractivity contribution < 1.29 is 9.47 Å². The molecular weight excluding hydrogens is 216 g/mol. The number of pyridine rings is 1. The fourth-order valence-corrected chi connectivity index (χ4v) is 2.76. The predicted octanol–water partition coefficient (Wildman–Crippen LogP) is 1.80. The van der Waals surface area contributed by atoms with Gasteiger partial charge in [-0.1, -0.05) is 13.8 Å². The van der Waals surface area contributed by atoms with Crippen LogP contribution in [0.1, 0.15) is 25.3 Å². The molecule has 2 unspecified atom stereocenters. The van der Waals surface area contributed by atoms with Gasteiger partial charge in [0.15, 0.2) is 0 Å². The van der Waals surface area contributed by atoms with Crippen LogP contribution in [0.3, 0.4) is 0 Å². The minimum Gasteiger partial charge on any atom is -0.495 e. The van der Waals surface area contributed by atoms with Gasteiger partial charge in [-0.2, -0.15) is 0 Å². The van der Waals surface area contributed by atoms with Crippen molar-refractivity contribution in [2.24, 2.45) is 17.1 Å². The van der Waals surface area contributed by atoms with Gasteiger partial charge in [0.1, 0.15) is 5.75 Å². The van der Waals surface area contributed by atoms with Gasteiger partial charge in [-0.3, -0.25) is 0 Å². The molecule has 94 valence electrons. The number of nitrogens with zero attached hydrogens (tertiary/aromatic N) is 1. The first kappa shape index (κ1) is 12.2. The van der Waals surface area contributed by atoms with E-state index >= 15 is 0 Å². The maximum absolute atomic E-state index is 5.81. The summed E-state index contributed by atoms with van der Waals surface area (Å²) < 4.78 is 10.5. The summed E-state index contributed by atoms with van der Waals surface area (Å²) in [6.07, 6.45) is 1.72. The van der Waals surface area contributed by atoms with Crippen molar-refractivity contribution in [1.29, 1.82) is 0 Å². The number of hydrogen-bond acceptors (Lipinski definition) is 4. The first-order chi connectivity index (χ1) is 8.06. The average molecular weight is 236 g/mol. The largest absolute Gasteiger partial charge is 0.495 e. The van der Waals surface area contributed by atoms with Gasteiger partial charge < -0.3 is 15.2 Å². The summed E-state index contributed by atoms with van der Waals surface area (Å²) in [5.41, 5.74) is 7.19. The summed E-state index contributed by atoms with van der Waals surface area (Å²) in [6, 6.07) is 1.96. The van der Waals surface area contributed by atoms with Crippen LogP contribution in [0.2, 0.25) is 0 Å². The molecule has 0 aliphatic heterocycles. The van der Waals surface area contributed by atoms with Crippen molar-refractivity contribution in [3.05, 3.63) is 17.8 Å². The standard InChI is InChI=1S/C13H20N2O2/c1-13(2)9(6-14)12(13)8-5-11(17-4)15-7-10(8)16-3/h5,7,9,12H,6,14H2,1-4H3. The lowest BCUT2D eigenvalue weighted by molar-refractivity contribution is 0.383. The first-order valence-electron chi connectivity index (χ1n) is 5.84.